The van der Waals surface area contributed by atoms with Crippen LogP contribution >= 0.6 is 0 Å². The van der Waals surface area contributed by atoms with Crippen molar-refractivity contribution in [1.29, 1.82) is 0 Å². The molecular formula is C39H54O11. The normalized spacial score (nSPS) is 53.2. The van der Waals surface area contributed by atoms with Crippen molar-refractivity contribution < 1.29 is 52.2 Å². The summed E-state index contributed by atoms with van der Waals surface area (Å²) in [7, 11) is 1.64. The highest BCUT2D eigenvalue weighted by Gasteiger charge is 2.68. The molecule has 10 rings (SSSR count). The molecule has 4 unspecified atom stereocenters. The van der Waals surface area contributed by atoms with Crippen molar-refractivity contribution in [3.05, 3.63) is 24.3 Å². The fourth-order valence-electron chi connectivity index (χ4n) is 11.0. The number of carbonyl (C=O) groups is 2. The van der Waals surface area contributed by atoms with Gasteiger partial charge in [0.05, 0.1) is 61.0 Å². The zero-order chi connectivity index (χ0) is 34.3. The first kappa shape index (κ1) is 34.2. The Kier molecular flexibility index (Phi) is 9.17. The number of hydrogen-bond donors (Lipinski definition) is 0. The average molecular weight is 699 g/mol. The summed E-state index contributed by atoms with van der Waals surface area (Å²) in [5, 5.41) is 0. The molecule has 11 nitrogen and oxygen atoms in total. The minimum Gasteiger partial charge on any atom is -0.378 e. The zero-order valence-electron chi connectivity index (χ0n) is 29.5. The summed E-state index contributed by atoms with van der Waals surface area (Å²) in [6, 6.07) is 0. The zero-order valence-corrected chi connectivity index (χ0v) is 29.5. The van der Waals surface area contributed by atoms with E-state index in [9.17, 15) is 9.59 Å². The predicted molar refractivity (Wildman–Crippen MR) is 177 cm³/mol. The van der Waals surface area contributed by atoms with E-state index in [1.54, 1.807) is 7.11 Å². The second-order valence-electron chi connectivity index (χ2n) is 16.7. The Morgan fingerprint density at radius 1 is 0.760 bits per heavy atom. The van der Waals surface area contributed by atoms with Crippen LogP contribution in [0.4, 0.5) is 0 Å². The molecule has 12 bridgehead atoms. The Bertz CT molecular complexity index is 1350. The molecule has 276 valence electrons. The molecule has 10 aliphatic rings. The SMILES string of the molecule is C=C1C[C@@H]2CC[C@@]34C[C@H]5O[C@H]6[C@@H](O3)[C@H]3O[C@H](CCC3O[C@H]6C5O4)CC(=O)CC3[C@H](C[C@H]4O[C@@H](CC[C@@H]1O2)CC(C)C4=C)O[C@H](CC=O)[C@@H]3OC. The molecule has 10 saturated heterocycles. The van der Waals surface area contributed by atoms with Crippen LogP contribution in [0, 0.1) is 11.8 Å². The van der Waals surface area contributed by atoms with Gasteiger partial charge in [0.25, 0.3) is 0 Å². The molecule has 0 radical (unpaired) electrons. The molecular weight excluding hydrogens is 644 g/mol. The fourth-order valence-corrected chi connectivity index (χ4v) is 11.0. The maximum absolute atomic E-state index is 13.9. The summed E-state index contributed by atoms with van der Waals surface area (Å²) >= 11 is 0. The Labute approximate surface area is 295 Å². The first-order valence-corrected chi connectivity index (χ1v) is 19.3. The summed E-state index contributed by atoms with van der Waals surface area (Å²) in [6.45, 7) is 11.1. The van der Waals surface area contributed by atoms with Gasteiger partial charge in [0, 0.05) is 51.6 Å². The average Bonchev–Trinajstić information content (AvgIpc) is 3.76. The van der Waals surface area contributed by atoms with Crippen LogP contribution in [-0.2, 0) is 52.2 Å². The quantitative estimate of drug-likeness (QED) is 0.310. The number of ketones is 1. The minimum atomic E-state index is -0.776. The van der Waals surface area contributed by atoms with E-state index >= 15 is 0 Å². The van der Waals surface area contributed by atoms with Crippen LogP contribution < -0.4 is 0 Å². The molecule has 10 fully saturated rings. The molecule has 10 aliphatic heterocycles. The van der Waals surface area contributed by atoms with Gasteiger partial charge in [-0.3, -0.25) is 4.79 Å². The van der Waals surface area contributed by atoms with Crippen LogP contribution in [0.1, 0.15) is 90.4 Å². The number of aldehydes is 1. The monoisotopic (exact) mass is 698 g/mol. The summed E-state index contributed by atoms with van der Waals surface area (Å²) < 4.78 is 59.6. The van der Waals surface area contributed by atoms with Gasteiger partial charge in [0.2, 0.25) is 0 Å². The van der Waals surface area contributed by atoms with Crippen LogP contribution in [0.5, 0.6) is 0 Å². The predicted octanol–water partition coefficient (Wildman–Crippen LogP) is 4.32. The van der Waals surface area contributed by atoms with Gasteiger partial charge < -0.3 is 47.4 Å². The lowest BCUT2D eigenvalue weighted by atomic mass is 9.81. The van der Waals surface area contributed by atoms with Crippen LogP contribution in [0.15, 0.2) is 24.3 Å². The van der Waals surface area contributed by atoms with Crippen molar-refractivity contribution in [2.75, 3.05) is 7.11 Å². The van der Waals surface area contributed by atoms with Crippen molar-refractivity contribution in [2.24, 2.45) is 11.8 Å². The Hall–Kier alpha value is -1.54. The molecule has 0 aromatic carbocycles. The third kappa shape index (κ3) is 6.00. The van der Waals surface area contributed by atoms with Gasteiger partial charge >= 0.3 is 0 Å². The second kappa shape index (κ2) is 13.4. The Balaban J connectivity index is 0.996. The second-order valence-corrected chi connectivity index (χ2v) is 16.7. The molecule has 1 spiro atoms. The van der Waals surface area contributed by atoms with Crippen LogP contribution in [0.3, 0.4) is 0 Å². The van der Waals surface area contributed by atoms with Gasteiger partial charge in [-0.25, -0.2) is 0 Å². The lowest BCUT2D eigenvalue weighted by molar-refractivity contribution is -0.292. The van der Waals surface area contributed by atoms with E-state index in [0.29, 0.717) is 19.3 Å². The highest BCUT2D eigenvalue weighted by molar-refractivity contribution is 5.79. The number of hydrogen-bond acceptors (Lipinski definition) is 11. The fraction of sp³-hybridized carbons (Fsp3) is 0.846. The van der Waals surface area contributed by atoms with Crippen molar-refractivity contribution in [3.63, 3.8) is 0 Å². The van der Waals surface area contributed by atoms with E-state index < -0.39 is 11.9 Å². The summed E-state index contributed by atoms with van der Waals surface area (Å²) in [5.74, 6) is -0.608. The maximum Gasteiger partial charge on any atom is 0.172 e. The van der Waals surface area contributed by atoms with Gasteiger partial charge in [0.1, 0.15) is 42.6 Å². The Morgan fingerprint density at radius 3 is 2.36 bits per heavy atom. The van der Waals surface area contributed by atoms with Gasteiger partial charge in [-0.2, -0.15) is 0 Å². The van der Waals surface area contributed by atoms with E-state index in [1.165, 1.54) is 0 Å². The minimum absolute atomic E-state index is 0.0117. The van der Waals surface area contributed by atoms with Crippen molar-refractivity contribution in [3.8, 4) is 0 Å². The number of fused-ring (bicyclic) bond motifs is 6. The highest BCUT2D eigenvalue weighted by atomic mass is 16.8. The van der Waals surface area contributed by atoms with E-state index in [-0.39, 0.29) is 122 Å². The number of Topliss-reactive ketones (excluding diaryl/α,β-unsaturated/α-hetero) is 1. The largest absolute Gasteiger partial charge is 0.378 e. The summed E-state index contributed by atoms with van der Waals surface area (Å²) in [6.07, 6.45) is 6.39. The first-order valence-electron chi connectivity index (χ1n) is 19.3. The molecule has 50 heavy (non-hydrogen) atoms. The molecule has 0 N–H and O–H groups in total. The van der Waals surface area contributed by atoms with Crippen molar-refractivity contribution >= 4 is 12.1 Å². The smallest absolute Gasteiger partial charge is 0.172 e. The van der Waals surface area contributed by atoms with E-state index in [1.807, 2.05) is 0 Å². The number of rotatable bonds is 3. The summed E-state index contributed by atoms with van der Waals surface area (Å²) in [4.78, 5) is 25.6. The lowest BCUT2D eigenvalue weighted by Crippen LogP contribution is -2.61. The number of methoxy groups -OCH3 is 1. The van der Waals surface area contributed by atoms with E-state index in [0.717, 1.165) is 62.4 Å². The molecule has 10 heterocycles. The van der Waals surface area contributed by atoms with Crippen LogP contribution in [-0.4, -0.2) is 117 Å². The molecule has 18 atom stereocenters. The van der Waals surface area contributed by atoms with Gasteiger partial charge in [-0.05, 0) is 62.0 Å². The first-order chi connectivity index (χ1) is 24.2. The molecule has 0 aromatic heterocycles. The third-order valence-corrected chi connectivity index (χ3v) is 13.5. The topological polar surface area (TPSA) is 117 Å². The van der Waals surface area contributed by atoms with Crippen LogP contribution in [0.2, 0.25) is 0 Å². The standard InChI is InChI=1S/C39H54O11/c1-19-13-23-5-7-27-20(2)14-25(43-27)9-11-39-18-32-35(49-39)36-37(48-32)38(50-39)34-28(47-36)8-6-24(45-34)15-22(41)16-26-31(17-30(44-23)21(19)3)46-29(10-12-40)33(26)42-4/h12,19,23-38H,2-3,5-11,13-18H2,1,4H3/t19?,23-,24+,25-,26?,27-,28?,29+,30+,31-,32+,33+,34-,35?,36-,37+,38-,39-/m0/s1. The van der Waals surface area contributed by atoms with E-state index in [4.69, 9.17) is 42.6 Å². The summed E-state index contributed by atoms with van der Waals surface area (Å²) in [5.41, 5.74) is 2.20. The van der Waals surface area contributed by atoms with Gasteiger partial charge in [0.15, 0.2) is 5.79 Å². The molecule has 0 amide bonds. The van der Waals surface area contributed by atoms with Gasteiger partial charge in [-0.15, -0.1) is 0 Å². The number of carbonyl (C=O) groups excluding carboxylic acids is 2. The van der Waals surface area contributed by atoms with Crippen molar-refractivity contribution in [2.45, 2.75) is 188 Å². The highest BCUT2D eigenvalue weighted by Crippen LogP contribution is 2.54. The molecule has 0 aromatic rings. The molecule has 11 heteroatoms. The Morgan fingerprint density at radius 2 is 1.52 bits per heavy atom. The number of ether oxygens (including phenoxy) is 9. The maximum atomic E-state index is 13.9. The van der Waals surface area contributed by atoms with Crippen LogP contribution in [0.25, 0.3) is 0 Å². The third-order valence-electron chi connectivity index (χ3n) is 13.5. The van der Waals surface area contributed by atoms with Gasteiger partial charge in [-0.1, -0.05) is 20.1 Å². The van der Waals surface area contributed by atoms with Crippen molar-refractivity contribution in [1.82, 2.24) is 0 Å². The molecule has 0 aliphatic carbocycles. The molecule has 0 saturated carbocycles. The van der Waals surface area contributed by atoms with E-state index in [2.05, 4.69) is 20.1 Å². The lowest BCUT2D eigenvalue weighted by Gasteiger charge is -2.47.